The molecule has 2 heterocycles. The fraction of sp³-hybridized carbons (Fsp3) is 0.567. The number of benzene rings is 2. The van der Waals surface area contributed by atoms with Crippen molar-refractivity contribution in [3.05, 3.63) is 59.2 Å². The van der Waals surface area contributed by atoms with Gasteiger partial charge in [-0.1, -0.05) is 50.2 Å². The van der Waals surface area contributed by atoms with E-state index in [-0.39, 0.29) is 29.2 Å². The number of likely N-dealkylation sites (N-methyl/N-ethyl adjacent to an activating group) is 1. The first-order valence-electron chi connectivity index (χ1n) is 14.0. The van der Waals surface area contributed by atoms with E-state index in [1.807, 2.05) is 36.4 Å². The Hall–Kier alpha value is -2.46. The molecule has 9 heteroatoms. The van der Waals surface area contributed by atoms with Crippen LogP contribution in [0, 0.1) is 11.8 Å². The van der Waals surface area contributed by atoms with Gasteiger partial charge in [-0.15, -0.1) is 0 Å². The Morgan fingerprint density at radius 3 is 2.69 bits per heavy atom. The number of carbonyl (C=O) groups is 1. The lowest BCUT2D eigenvalue weighted by atomic mass is 9.51. The first kappa shape index (κ1) is 26.7. The first-order valence-corrected chi connectivity index (χ1v) is 15.6. The Bertz CT molecular complexity index is 1360. The number of aliphatic hydroxyl groups is 1. The van der Waals surface area contributed by atoms with Crippen LogP contribution in [0.2, 0.25) is 0 Å². The lowest BCUT2D eigenvalue weighted by Crippen LogP contribution is -2.68. The second-order valence-electron chi connectivity index (χ2n) is 12.1. The van der Waals surface area contributed by atoms with Crippen LogP contribution in [-0.4, -0.2) is 73.6 Å². The Morgan fingerprint density at radius 2 is 1.97 bits per heavy atom. The van der Waals surface area contributed by atoms with Crippen molar-refractivity contribution in [2.45, 2.75) is 68.9 Å². The van der Waals surface area contributed by atoms with E-state index in [1.54, 1.807) is 10.4 Å². The molecular weight excluding hydrogens is 516 g/mol. The highest BCUT2D eigenvalue weighted by atomic mass is 32.2. The summed E-state index contributed by atoms with van der Waals surface area (Å²) in [6, 6.07) is 13.2. The van der Waals surface area contributed by atoms with E-state index >= 15 is 0 Å². The zero-order valence-corrected chi connectivity index (χ0v) is 23.7. The number of carbonyl (C=O) groups excluding carboxylic acids is 1. The van der Waals surface area contributed by atoms with Gasteiger partial charge in [0.25, 0.3) is 0 Å². The Kier molecular flexibility index (Phi) is 6.77. The van der Waals surface area contributed by atoms with Gasteiger partial charge in [0.2, 0.25) is 10.0 Å². The molecule has 6 rings (SSSR count). The molecule has 0 aromatic heterocycles. The molecule has 1 spiro atoms. The summed E-state index contributed by atoms with van der Waals surface area (Å²) in [7, 11) is -1.47. The molecule has 1 N–H and O–H groups in total. The average molecular weight is 555 g/mol. The average Bonchev–Trinajstić information content (AvgIpc) is 3.26. The van der Waals surface area contributed by atoms with E-state index in [0.717, 1.165) is 43.4 Å². The van der Waals surface area contributed by atoms with Gasteiger partial charge in [-0.25, -0.2) is 13.2 Å². The number of nitrogens with zero attached hydrogens (tertiary/aromatic N) is 2. The van der Waals surface area contributed by atoms with Gasteiger partial charge in [0, 0.05) is 23.6 Å². The van der Waals surface area contributed by atoms with Gasteiger partial charge in [-0.05, 0) is 68.3 Å². The summed E-state index contributed by atoms with van der Waals surface area (Å²) in [6.07, 6.45) is 3.01. The van der Waals surface area contributed by atoms with Gasteiger partial charge in [-0.3, -0.25) is 0 Å². The number of piperidine rings is 1. The fourth-order valence-corrected chi connectivity index (χ4v) is 9.85. The minimum atomic E-state index is -3.66. The third-order valence-corrected chi connectivity index (χ3v) is 11.2. The van der Waals surface area contributed by atoms with Crippen molar-refractivity contribution in [3.63, 3.8) is 0 Å². The van der Waals surface area contributed by atoms with Gasteiger partial charge >= 0.3 is 5.97 Å². The summed E-state index contributed by atoms with van der Waals surface area (Å²) in [4.78, 5) is 14.5. The number of ether oxygens (including phenoxy) is 2. The first-order chi connectivity index (χ1) is 18.7. The number of sulfonamides is 1. The van der Waals surface area contributed by atoms with Crippen molar-refractivity contribution in [1.82, 2.24) is 9.21 Å². The van der Waals surface area contributed by atoms with Crippen LogP contribution in [-0.2, 0) is 32.4 Å². The summed E-state index contributed by atoms with van der Waals surface area (Å²) in [6.45, 7) is 4.70. The molecule has 1 saturated carbocycles. The third kappa shape index (κ3) is 4.29. The molecule has 2 bridgehead atoms. The second-order valence-corrected chi connectivity index (χ2v) is 14.0. The van der Waals surface area contributed by atoms with Crippen molar-refractivity contribution < 1.29 is 27.8 Å². The molecule has 2 aliphatic heterocycles. The molecule has 1 saturated heterocycles. The normalized spacial score (nSPS) is 29.3. The number of hydrogen-bond donors (Lipinski definition) is 1. The molecule has 0 radical (unpaired) electrons. The van der Waals surface area contributed by atoms with Gasteiger partial charge in [0.15, 0.2) is 11.5 Å². The van der Waals surface area contributed by atoms with E-state index in [2.05, 4.69) is 25.8 Å². The van der Waals surface area contributed by atoms with Crippen molar-refractivity contribution in [2.75, 3.05) is 26.7 Å². The maximum Gasteiger partial charge on any atom is 0.337 e. The summed E-state index contributed by atoms with van der Waals surface area (Å²) in [5.74, 6) is 0.552. The Morgan fingerprint density at radius 1 is 1.21 bits per heavy atom. The van der Waals surface area contributed by atoms with Crippen LogP contribution in [0.1, 0.15) is 49.8 Å². The van der Waals surface area contributed by atoms with Crippen molar-refractivity contribution in [2.24, 2.45) is 11.8 Å². The topological polar surface area (TPSA) is 96.4 Å². The number of likely N-dealkylation sites (tertiary alicyclic amines) is 1. The fourth-order valence-electron chi connectivity index (χ4n) is 7.91. The standard InChI is InChI=1S/C30H38N2O6S/c1-19(2)16-32(39(35,36)18-20-7-5-4-6-8-20)23-11-10-22-24-15-21-9-12-25(37-26(34)17-33)28-27(21)30(22,29(23)38-28)13-14-31(24)3/h4-9,12,19,22-24,29,33H,10-11,13-18H2,1-3H3/t22-,23?,24+,29?,30-/m0/s1. The summed E-state index contributed by atoms with van der Waals surface area (Å²) in [5.41, 5.74) is 2.71. The van der Waals surface area contributed by atoms with Crippen LogP contribution in [0.4, 0.5) is 0 Å². The minimum Gasteiger partial charge on any atom is -0.484 e. The van der Waals surface area contributed by atoms with Crippen molar-refractivity contribution in [1.29, 1.82) is 0 Å². The molecule has 8 nitrogen and oxygen atoms in total. The van der Waals surface area contributed by atoms with Crippen molar-refractivity contribution in [3.8, 4) is 11.5 Å². The monoisotopic (exact) mass is 554 g/mol. The lowest BCUT2D eigenvalue weighted by Gasteiger charge is -2.60. The summed E-state index contributed by atoms with van der Waals surface area (Å²) >= 11 is 0. The largest absolute Gasteiger partial charge is 0.484 e. The molecule has 39 heavy (non-hydrogen) atoms. The molecule has 210 valence electrons. The molecule has 2 aromatic carbocycles. The molecule has 2 aromatic rings. The van der Waals surface area contributed by atoms with E-state index in [4.69, 9.17) is 9.47 Å². The highest BCUT2D eigenvalue weighted by molar-refractivity contribution is 7.88. The Labute approximate surface area is 230 Å². The lowest BCUT2D eigenvalue weighted by molar-refractivity contribution is -0.137. The second kappa shape index (κ2) is 9.87. The number of aliphatic hydroxyl groups excluding tert-OH is 1. The molecule has 4 aliphatic rings. The highest BCUT2D eigenvalue weighted by Crippen LogP contribution is 2.64. The third-order valence-electron chi connectivity index (χ3n) is 9.37. The van der Waals surface area contributed by atoms with Crippen molar-refractivity contribution >= 4 is 16.0 Å². The zero-order valence-electron chi connectivity index (χ0n) is 22.9. The quantitative estimate of drug-likeness (QED) is 0.396. The maximum absolute atomic E-state index is 14.1. The summed E-state index contributed by atoms with van der Waals surface area (Å²) < 4.78 is 42.3. The highest BCUT2D eigenvalue weighted by Gasteiger charge is 2.66. The van der Waals surface area contributed by atoms with Crippen LogP contribution < -0.4 is 9.47 Å². The predicted octanol–water partition coefficient (Wildman–Crippen LogP) is 3.11. The molecule has 0 amide bonds. The van der Waals surface area contributed by atoms with Crippen LogP contribution in [0.3, 0.4) is 0 Å². The van der Waals surface area contributed by atoms with Crippen LogP contribution >= 0.6 is 0 Å². The van der Waals surface area contributed by atoms with Gasteiger partial charge < -0.3 is 19.5 Å². The van der Waals surface area contributed by atoms with Crippen LogP contribution in [0.25, 0.3) is 0 Å². The maximum atomic E-state index is 14.1. The molecular formula is C30H38N2O6S. The van der Waals surface area contributed by atoms with E-state index in [9.17, 15) is 18.3 Å². The predicted molar refractivity (Wildman–Crippen MR) is 147 cm³/mol. The van der Waals surface area contributed by atoms with E-state index in [1.165, 1.54) is 5.56 Å². The molecule has 5 atom stereocenters. The smallest absolute Gasteiger partial charge is 0.337 e. The number of rotatable bonds is 8. The zero-order chi connectivity index (χ0) is 27.5. The van der Waals surface area contributed by atoms with Gasteiger partial charge in [-0.2, -0.15) is 4.31 Å². The van der Waals surface area contributed by atoms with Crippen LogP contribution in [0.15, 0.2) is 42.5 Å². The SMILES string of the molecule is CC(C)CN(C1CC[C@H]2[C@H]3Cc4ccc(OC(=O)CO)c5c4[C@@]2(CCN3C)C1O5)S(=O)(=O)Cc1ccccc1. The summed E-state index contributed by atoms with van der Waals surface area (Å²) in [5, 5.41) is 9.34. The van der Waals surface area contributed by atoms with E-state index < -0.39 is 22.6 Å². The van der Waals surface area contributed by atoms with Gasteiger partial charge in [0.05, 0.1) is 11.8 Å². The molecule has 2 aliphatic carbocycles. The van der Waals surface area contributed by atoms with Gasteiger partial charge in [0.1, 0.15) is 12.7 Å². The minimum absolute atomic E-state index is 0.0524. The molecule has 2 unspecified atom stereocenters. The van der Waals surface area contributed by atoms with Crippen LogP contribution in [0.5, 0.6) is 11.5 Å². The molecule has 2 fully saturated rings. The Balaban J connectivity index is 1.46. The number of esters is 1. The number of hydrogen-bond acceptors (Lipinski definition) is 7. The van der Waals surface area contributed by atoms with E-state index in [0.29, 0.717) is 30.0 Å².